The summed E-state index contributed by atoms with van der Waals surface area (Å²) >= 11 is 0. The van der Waals surface area contributed by atoms with Crippen molar-refractivity contribution in [3.8, 4) is 11.5 Å². The van der Waals surface area contributed by atoms with Gasteiger partial charge in [-0.05, 0) is 12.5 Å². The SMILES string of the molecule is COc1cc2ncnc(N3CCCN(C(=O)N4CCOCC4)CC3)c2cc1OC. The summed E-state index contributed by atoms with van der Waals surface area (Å²) in [6.45, 7) is 5.51. The van der Waals surface area contributed by atoms with Crippen molar-refractivity contribution in [2.45, 2.75) is 6.42 Å². The number of morpholine rings is 1. The monoisotopic (exact) mass is 401 g/mol. The van der Waals surface area contributed by atoms with Crippen LogP contribution in [0.25, 0.3) is 10.9 Å². The summed E-state index contributed by atoms with van der Waals surface area (Å²) in [4.78, 5) is 27.8. The Morgan fingerprint density at radius 3 is 2.41 bits per heavy atom. The minimum Gasteiger partial charge on any atom is -0.493 e. The molecule has 3 heterocycles. The first kappa shape index (κ1) is 19.5. The molecule has 2 aliphatic rings. The van der Waals surface area contributed by atoms with E-state index in [1.54, 1.807) is 20.5 Å². The van der Waals surface area contributed by atoms with Gasteiger partial charge in [-0.2, -0.15) is 0 Å². The van der Waals surface area contributed by atoms with Crippen molar-refractivity contribution in [3.05, 3.63) is 18.5 Å². The largest absolute Gasteiger partial charge is 0.493 e. The van der Waals surface area contributed by atoms with E-state index in [1.165, 1.54) is 0 Å². The number of aromatic nitrogens is 2. The summed E-state index contributed by atoms with van der Waals surface area (Å²) in [6.07, 6.45) is 2.46. The number of rotatable bonds is 3. The van der Waals surface area contributed by atoms with Crippen LogP contribution in [0.1, 0.15) is 6.42 Å². The second kappa shape index (κ2) is 8.69. The molecule has 0 aliphatic carbocycles. The molecule has 2 saturated heterocycles. The molecule has 0 N–H and O–H groups in total. The van der Waals surface area contributed by atoms with Gasteiger partial charge in [0.05, 0.1) is 33.0 Å². The number of benzene rings is 1. The predicted molar refractivity (Wildman–Crippen MR) is 109 cm³/mol. The second-order valence-electron chi connectivity index (χ2n) is 7.13. The summed E-state index contributed by atoms with van der Waals surface area (Å²) in [5.74, 6) is 2.15. The Morgan fingerprint density at radius 1 is 0.931 bits per heavy atom. The van der Waals surface area contributed by atoms with E-state index < -0.39 is 0 Å². The van der Waals surface area contributed by atoms with Gasteiger partial charge in [-0.25, -0.2) is 14.8 Å². The number of hydrogen-bond donors (Lipinski definition) is 0. The fraction of sp³-hybridized carbons (Fsp3) is 0.550. The zero-order valence-electron chi connectivity index (χ0n) is 17.0. The minimum absolute atomic E-state index is 0.106. The lowest BCUT2D eigenvalue weighted by molar-refractivity contribution is 0.0438. The summed E-state index contributed by atoms with van der Waals surface area (Å²) in [6, 6.07) is 3.89. The lowest BCUT2D eigenvalue weighted by Gasteiger charge is -2.32. The Hall–Kier alpha value is -2.81. The summed E-state index contributed by atoms with van der Waals surface area (Å²) in [7, 11) is 3.23. The molecule has 1 aromatic heterocycles. The van der Waals surface area contributed by atoms with Gasteiger partial charge in [-0.1, -0.05) is 0 Å². The number of hydrogen-bond acceptors (Lipinski definition) is 7. The van der Waals surface area contributed by atoms with Crippen molar-refractivity contribution < 1.29 is 19.0 Å². The number of fused-ring (bicyclic) bond motifs is 1. The van der Waals surface area contributed by atoms with Crippen LogP contribution < -0.4 is 14.4 Å². The molecule has 0 spiro atoms. The molecule has 4 rings (SSSR count). The molecule has 9 nitrogen and oxygen atoms in total. The number of methoxy groups -OCH3 is 2. The first-order valence-corrected chi connectivity index (χ1v) is 9.94. The second-order valence-corrected chi connectivity index (χ2v) is 7.13. The van der Waals surface area contributed by atoms with E-state index in [0.717, 1.165) is 42.8 Å². The van der Waals surface area contributed by atoms with Crippen molar-refractivity contribution in [3.63, 3.8) is 0 Å². The molecular weight excluding hydrogens is 374 g/mol. The third kappa shape index (κ3) is 4.00. The number of anilines is 1. The van der Waals surface area contributed by atoms with E-state index in [4.69, 9.17) is 14.2 Å². The number of carbonyl (C=O) groups excluding carboxylic acids is 1. The van der Waals surface area contributed by atoms with Gasteiger partial charge < -0.3 is 28.9 Å². The highest BCUT2D eigenvalue weighted by molar-refractivity contribution is 5.92. The molecule has 2 aliphatic heterocycles. The molecule has 0 atom stereocenters. The van der Waals surface area contributed by atoms with Gasteiger partial charge in [0, 0.05) is 50.7 Å². The molecule has 0 radical (unpaired) electrons. The molecule has 156 valence electrons. The normalized spacial score (nSPS) is 17.9. The maximum atomic E-state index is 12.8. The van der Waals surface area contributed by atoms with Crippen molar-refractivity contribution in [2.24, 2.45) is 0 Å². The van der Waals surface area contributed by atoms with E-state index in [9.17, 15) is 4.79 Å². The third-order valence-corrected chi connectivity index (χ3v) is 5.47. The average molecular weight is 401 g/mol. The quantitative estimate of drug-likeness (QED) is 0.773. The van der Waals surface area contributed by atoms with Gasteiger partial charge in [0.2, 0.25) is 0 Å². The number of amides is 2. The van der Waals surface area contributed by atoms with E-state index >= 15 is 0 Å². The van der Waals surface area contributed by atoms with Crippen LogP contribution in [0.3, 0.4) is 0 Å². The van der Waals surface area contributed by atoms with Gasteiger partial charge in [-0.15, -0.1) is 0 Å². The van der Waals surface area contributed by atoms with Crippen LogP contribution >= 0.6 is 0 Å². The Balaban J connectivity index is 1.54. The molecule has 2 fully saturated rings. The molecule has 0 saturated carbocycles. The smallest absolute Gasteiger partial charge is 0.320 e. The Morgan fingerprint density at radius 2 is 1.66 bits per heavy atom. The van der Waals surface area contributed by atoms with Crippen LogP contribution in [0, 0.1) is 0 Å². The van der Waals surface area contributed by atoms with E-state index in [0.29, 0.717) is 44.3 Å². The fourth-order valence-corrected chi connectivity index (χ4v) is 3.90. The van der Waals surface area contributed by atoms with Crippen LogP contribution in [0.5, 0.6) is 11.5 Å². The van der Waals surface area contributed by atoms with E-state index in [2.05, 4.69) is 14.9 Å². The molecule has 0 bridgehead atoms. The molecule has 0 unspecified atom stereocenters. The third-order valence-electron chi connectivity index (χ3n) is 5.47. The molecule has 9 heteroatoms. The predicted octanol–water partition coefficient (Wildman–Crippen LogP) is 1.61. The molecular formula is C20H27N5O4. The van der Waals surface area contributed by atoms with Crippen LogP contribution in [0.2, 0.25) is 0 Å². The van der Waals surface area contributed by atoms with Crippen LogP contribution in [0.4, 0.5) is 10.6 Å². The molecule has 2 amide bonds. The van der Waals surface area contributed by atoms with Crippen molar-refractivity contribution in [1.82, 2.24) is 19.8 Å². The Kier molecular flexibility index (Phi) is 5.84. The molecule has 29 heavy (non-hydrogen) atoms. The van der Waals surface area contributed by atoms with Crippen molar-refractivity contribution in [2.75, 3.05) is 71.6 Å². The summed E-state index contributed by atoms with van der Waals surface area (Å²) in [5, 5.41) is 0.915. The number of carbonyl (C=O) groups is 1. The van der Waals surface area contributed by atoms with E-state index in [1.807, 2.05) is 21.9 Å². The van der Waals surface area contributed by atoms with Crippen molar-refractivity contribution in [1.29, 1.82) is 0 Å². The Bertz CT molecular complexity index is 871. The number of urea groups is 1. The lowest BCUT2D eigenvalue weighted by atomic mass is 10.2. The zero-order chi connectivity index (χ0) is 20.2. The highest BCUT2D eigenvalue weighted by atomic mass is 16.5. The maximum Gasteiger partial charge on any atom is 0.320 e. The Labute approximate surface area is 170 Å². The maximum absolute atomic E-state index is 12.8. The highest BCUT2D eigenvalue weighted by Gasteiger charge is 2.26. The van der Waals surface area contributed by atoms with Gasteiger partial charge >= 0.3 is 6.03 Å². The van der Waals surface area contributed by atoms with E-state index in [-0.39, 0.29) is 6.03 Å². The summed E-state index contributed by atoms with van der Waals surface area (Å²) in [5.41, 5.74) is 0.804. The topological polar surface area (TPSA) is 80.3 Å². The van der Waals surface area contributed by atoms with Crippen LogP contribution in [-0.4, -0.2) is 92.5 Å². The van der Waals surface area contributed by atoms with Crippen molar-refractivity contribution >= 4 is 22.8 Å². The molecule has 1 aromatic carbocycles. The summed E-state index contributed by atoms with van der Waals surface area (Å²) < 4.78 is 16.2. The van der Waals surface area contributed by atoms with Gasteiger partial charge in [0.15, 0.2) is 11.5 Å². The number of ether oxygens (including phenoxy) is 3. The van der Waals surface area contributed by atoms with Gasteiger partial charge in [0.25, 0.3) is 0 Å². The van der Waals surface area contributed by atoms with Gasteiger partial charge in [0.1, 0.15) is 12.1 Å². The van der Waals surface area contributed by atoms with Gasteiger partial charge in [-0.3, -0.25) is 0 Å². The highest BCUT2D eigenvalue weighted by Crippen LogP contribution is 2.34. The fourth-order valence-electron chi connectivity index (χ4n) is 3.90. The number of nitrogens with zero attached hydrogens (tertiary/aromatic N) is 5. The van der Waals surface area contributed by atoms with Crippen LogP contribution in [-0.2, 0) is 4.74 Å². The standard InChI is InChI=1S/C20H27N5O4/c1-27-17-12-15-16(13-18(17)28-2)21-14-22-19(15)23-4-3-5-24(7-6-23)20(26)25-8-10-29-11-9-25/h12-14H,3-11H2,1-2H3. The minimum atomic E-state index is 0.106. The average Bonchev–Trinajstić information content (AvgIpc) is 3.04. The first-order chi connectivity index (χ1) is 14.2. The zero-order valence-corrected chi connectivity index (χ0v) is 17.0. The van der Waals surface area contributed by atoms with Crippen LogP contribution in [0.15, 0.2) is 18.5 Å². The first-order valence-electron chi connectivity index (χ1n) is 9.94. The molecule has 2 aromatic rings. The lowest BCUT2D eigenvalue weighted by Crippen LogP contribution is -2.49.